The van der Waals surface area contributed by atoms with Crippen molar-refractivity contribution in [3.05, 3.63) is 68.6 Å². The second kappa shape index (κ2) is 8.10. The predicted molar refractivity (Wildman–Crippen MR) is 115 cm³/mol. The van der Waals surface area contributed by atoms with Gasteiger partial charge in [-0.15, -0.1) is 10.2 Å². The van der Waals surface area contributed by atoms with Gasteiger partial charge in [0, 0.05) is 24.6 Å². The summed E-state index contributed by atoms with van der Waals surface area (Å²) in [4.78, 5) is 26.8. The minimum absolute atomic E-state index is 0.0456. The van der Waals surface area contributed by atoms with E-state index in [-0.39, 0.29) is 27.4 Å². The Labute approximate surface area is 181 Å². The first-order chi connectivity index (χ1) is 13.9. The summed E-state index contributed by atoms with van der Waals surface area (Å²) in [6.45, 7) is 2.52. The lowest BCUT2D eigenvalue weighted by Crippen LogP contribution is -2.24. The molecule has 1 N–H and O–H groups in total. The van der Waals surface area contributed by atoms with Gasteiger partial charge in [-0.3, -0.25) is 14.9 Å². The SMILES string of the molecule is Cc1cccc(N2CC(c3nnc(NC(=O)c4c(Cl)cccc4Cl)s3)CC2=O)c1. The predicted octanol–water partition coefficient (Wildman–Crippen LogP) is 4.93. The summed E-state index contributed by atoms with van der Waals surface area (Å²) in [5, 5.41) is 12.5. The zero-order valence-corrected chi connectivity index (χ0v) is 17.7. The largest absolute Gasteiger partial charge is 0.312 e. The average Bonchev–Trinajstić information content (AvgIpc) is 3.28. The van der Waals surface area contributed by atoms with Gasteiger partial charge in [0.05, 0.1) is 15.6 Å². The monoisotopic (exact) mass is 446 g/mol. The van der Waals surface area contributed by atoms with Crippen LogP contribution in [0, 0.1) is 6.92 Å². The van der Waals surface area contributed by atoms with Gasteiger partial charge in [0.1, 0.15) is 5.01 Å². The average molecular weight is 447 g/mol. The molecular weight excluding hydrogens is 431 g/mol. The van der Waals surface area contributed by atoms with E-state index in [9.17, 15) is 9.59 Å². The molecule has 29 heavy (non-hydrogen) atoms. The first kappa shape index (κ1) is 19.8. The Morgan fingerprint density at radius 3 is 2.62 bits per heavy atom. The summed E-state index contributed by atoms with van der Waals surface area (Å²) >= 11 is 13.4. The molecule has 9 heteroatoms. The highest BCUT2D eigenvalue weighted by molar-refractivity contribution is 7.15. The Bertz CT molecular complexity index is 1080. The number of nitrogens with zero attached hydrogens (tertiary/aromatic N) is 3. The normalized spacial score (nSPS) is 16.3. The number of amides is 2. The molecule has 3 aromatic rings. The molecule has 0 radical (unpaired) electrons. The van der Waals surface area contributed by atoms with Crippen LogP contribution in [0.5, 0.6) is 0 Å². The van der Waals surface area contributed by atoms with Crippen molar-refractivity contribution in [3.63, 3.8) is 0 Å². The third-order valence-electron chi connectivity index (χ3n) is 4.64. The Kier molecular flexibility index (Phi) is 5.54. The van der Waals surface area contributed by atoms with Crippen molar-refractivity contribution in [3.8, 4) is 0 Å². The highest BCUT2D eigenvalue weighted by Gasteiger charge is 2.34. The minimum atomic E-state index is -0.452. The second-order valence-corrected chi connectivity index (χ2v) is 8.56. The molecule has 2 amide bonds. The van der Waals surface area contributed by atoms with E-state index in [1.807, 2.05) is 31.2 Å². The number of benzene rings is 2. The first-order valence-corrected chi connectivity index (χ1v) is 10.5. The molecule has 1 saturated heterocycles. The molecule has 1 aliphatic heterocycles. The van der Waals surface area contributed by atoms with E-state index < -0.39 is 5.91 Å². The Morgan fingerprint density at radius 1 is 1.17 bits per heavy atom. The van der Waals surface area contributed by atoms with Gasteiger partial charge < -0.3 is 4.90 Å². The lowest BCUT2D eigenvalue weighted by atomic mass is 10.1. The highest BCUT2D eigenvalue weighted by atomic mass is 35.5. The van der Waals surface area contributed by atoms with Crippen molar-refractivity contribution in [2.75, 3.05) is 16.8 Å². The lowest BCUT2D eigenvalue weighted by molar-refractivity contribution is -0.117. The van der Waals surface area contributed by atoms with Crippen molar-refractivity contribution in [2.24, 2.45) is 0 Å². The lowest BCUT2D eigenvalue weighted by Gasteiger charge is -2.16. The third kappa shape index (κ3) is 4.12. The molecule has 2 aromatic carbocycles. The Hall–Kier alpha value is -2.48. The van der Waals surface area contributed by atoms with Crippen molar-refractivity contribution in [1.82, 2.24) is 10.2 Å². The number of carbonyl (C=O) groups excluding carboxylic acids is 2. The molecule has 2 heterocycles. The van der Waals surface area contributed by atoms with Crippen LogP contribution in [-0.2, 0) is 4.79 Å². The number of rotatable bonds is 4. The molecule has 148 valence electrons. The van der Waals surface area contributed by atoms with Crippen LogP contribution in [0.3, 0.4) is 0 Å². The van der Waals surface area contributed by atoms with E-state index in [0.29, 0.717) is 23.1 Å². The number of hydrogen-bond acceptors (Lipinski definition) is 5. The third-order valence-corrected chi connectivity index (χ3v) is 6.27. The second-order valence-electron chi connectivity index (χ2n) is 6.74. The van der Waals surface area contributed by atoms with E-state index >= 15 is 0 Å². The first-order valence-electron chi connectivity index (χ1n) is 8.88. The van der Waals surface area contributed by atoms with Gasteiger partial charge in [0.15, 0.2) is 0 Å². The number of carbonyl (C=O) groups is 2. The topological polar surface area (TPSA) is 75.2 Å². The molecule has 1 aliphatic rings. The van der Waals surface area contributed by atoms with E-state index in [2.05, 4.69) is 15.5 Å². The van der Waals surface area contributed by atoms with Crippen LogP contribution < -0.4 is 10.2 Å². The number of aromatic nitrogens is 2. The van der Waals surface area contributed by atoms with Gasteiger partial charge in [0.2, 0.25) is 11.0 Å². The standard InChI is InChI=1S/C20H16Cl2N4O2S/c1-11-4-2-5-13(8-11)26-10-12(9-16(26)27)19-24-25-20(29-19)23-18(28)17-14(21)6-3-7-15(17)22/h2-8,12H,9-10H2,1H3,(H,23,25,28). The molecule has 0 bridgehead atoms. The molecule has 0 aliphatic carbocycles. The fraction of sp³-hybridized carbons (Fsp3) is 0.200. The smallest absolute Gasteiger partial charge is 0.260 e. The fourth-order valence-electron chi connectivity index (χ4n) is 3.24. The van der Waals surface area contributed by atoms with Gasteiger partial charge in [-0.2, -0.15) is 0 Å². The van der Waals surface area contributed by atoms with Crippen molar-refractivity contribution in [1.29, 1.82) is 0 Å². The van der Waals surface area contributed by atoms with Gasteiger partial charge in [-0.1, -0.05) is 52.7 Å². The summed E-state index contributed by atoms with van der Waals surface area (Å²) in [5.74, 6) is -0.480. The molecule has 0 spiro atoms. The van der Waals surface area contributed by atoms with Gasteiger partial charge in [-0.25, -0.2) is 0 Å². The van der Waals surface area contributed by atoms with E-state index in [4.69, 9.17) is 23.2 Å². The van der Waals surface area contributed by atoms with Crippen LogP contribution in [0.25, 0.3) is 0 Å². The number of aryl methyl sites for hydroxylation is 1. The number of hydrogen-bond donors (Lipinski definition) is 1. The molecule has 1 unspecified atom stereocenters. The van der Waals surface area contributed by atoms with Gasteiger partial charge in [0.25, 0.3) is 5.91 Å². The summed E-state index contributed by atoms with van der Waals surface area (Å²) < 4.78 is 0. The maximum absolute atomic E-state index is 12.5. The molecular formula is C20H16Cl2N4O2S. The molecule has 1 fully saturated rings. The number of halogens is 2. The molecule has 6 nitrogen and oxygen atoms in total. The van der Waals surface area contributed by atoms with Crippen molar-refractivity contribution < 1.29 is 9.59 Å². The highest BCUT2D eigenvalue weighted by Crippen LogP contribution is 2.35. The summed E-state index contributed by atoms with van der Waals surface area (Å²) in [7, 11) is 0. The summed E-state index contributed by atoms with van der Waals surface area (Å²) in [6.07, 6.45) is 0.354. The fourth-order valence-corrected chi connectivity index (χ4v) is 4.64. The van der Waals surface area contributed by atoms with E-state index in [1.165, 1.54) is 11.3 Å². The number of nitrogens with one attached hydrogen (secondary N) is 1. The van der Waals surface area contributed by atoms with Crippen LogP contribution in [0.4, 0.5) is 10.8 Å². The van der Waals surface area contributed by atoms with E-state index in [1.54, 1.807) is 23.1 Å². The van der Waals surface area contributed by atoms with Crippen LogP contribution in [0.2, 0.25) is 10.0 Å². The van der Waals surface area contributed by atoms with Crippen molar-refractivity contribution >= 4 is 57.2 Å². The van der Waals surface area contributed by atoms with Crippen molar-refractivity contribution in [2.45, 2.75) is 19.3 Å². The summed E-state index contributed by atoms with van der Waals surface area (Å²) in [6, 6.07) is 12.7. The molecule has 1 atom stereocenters. The molecule has 4 rings (SSSR count). The zero-order chi connectivity index (χ0) is 20.5. The van der Waals surface area contributed by atoms with Crippen LogP contribution in [0.1, 0.15) is 33.3 Å². The van der Waals surface area contributed by atoms with Crippen LogP contribution in [0.15, 0.2) is 42.5 Å². The zero-order valence-electron chi connectivity index (χ0n) is 15.4. The van der Waals surface area contributed by atoms with Crippen LogP contribution >= 0.6 is 34.5 Å². The minimum Gasteiger partial charge on any atom is -0.312 e. The van der Waals surface area contributed by atoms with Crippen LogP contribution in [-0.4, -0.2) is 28.6 Å². The quantitative estimate of drug-likeness (QED) is 0.616. The molecule has 0 saturated carbocycles. The molecule has 1 aromatic heterocycles. The maximum atomic E-state index is 12.5. The van der Waals surface area contributed by atoms with Gasteiger partial charge in [-0.05, 0) is 36.8 Å². The van der Waals surface area contributed by atoms with E-state index in [0.717, 1.165) is 11.3 Å². The Balaban J connectivity index is 1.48. The maximum Gasteiger partial charge on any atom is 0.260 e. The Morgan fingerprint density at radius 2 is 1.90 bits per heavy atom. The number of anilines is 2. The summed E-state index contributed by atoms with van der Waals surface area (Å²) in [5.41, 5.74) is 2.16. The van der Waals surface area contributed by atoms with Gasteiger partial charge >= 0.3 is 0 Å².